The van der Waals surface area contributed by atoms with Gasteiger partial charge in [0.1, 0.15) is 11.5 Å². The van der Waals surface area contributed by atoms with Crippen molar-refractivity contribution in [2.24, 2.45) is 0 Å². The number of hydrogen-bond donors (Lipinski definition) is 0. The monoisotopic (exact) mass is 441 g/mol. The number of carbonyl (C=O) groups is 2. The Morgan fingerprint density at radius 2 is 1.39 bits per heavy atom. The molecule has 0 radical (unpaired) electrons. The molecule has 0 aliphatic carbocycles. The quantitative estimate of drug-likeness (QED) is 0.568. The molecular formula is C27H24FN3O2. The largest absolute Gasteiger partial charge is 0.368 e. The van der Waals surface area contributed by atoms with E-state index in [9.17, 15) is 14.0 Å². The van der Waals surface area contributed by atoms with Crippen LogP contribution in [0.2, 0.25) is 0 Å². The Hall–Kier alpha value is -3.93. The fraction of sp³-hybridized carbons (Fsp3) is 0.185. The van der Waals surface area contributed by atoms with Crippen LogP contribution in [0.1, 0.15) is 11.1 Å². The smallest absolute Gasteiger partial charge is 0.282 e. The molecule has 0 N–H and O–H groups in total. The van der Waals surface area contributed by atoms with Crippen LogP contribution in [0.25, 0.3) is 5.57 Å². The van der Waals surface area contributed by atoms with Crippen molar-refractivity contribution in [3.63, 3.8) is 0 Å². The summed E-state index contributed by atoms with van der Waals surface area (Å²) in [5.41, 5.74) is 3.65. The highest BCUT2D eigenvalue weighted by molar-refractivity contribution is 6.45. The van der Waals surface area contributed by atoms with Crippen LogP contribution in [-0.2, 0) is 9.59 Å². The predicted octanol–water partition coefficient (Wildman–Crippen LogP) is 4.24. The summed E-state index contributed by atoms with van der Waals surface area (Å²) in [6.45, 7) is 4.68. The second kappa shape index (κ2) is 8.54. The summed E-state index contributed by atoms with van der Waals surface area (Å²) in [5.74, 6) is -1.57. The first kappa shape index (κ1) is 20.9. The first-order chi connectivity index (χ1) is 16.0. The molecule has 1 saturated heterocycles. The molecule has 33 heavy (non-hydrogen) atoms. The van der Waals surface area contributed by atoms with E-state index in [1.54, 1.807) is 12.1 Å². The van der Waals surface area contributed by atoms with Crippen LogP contribution >= 0.6 is 0 Å². The molecule has 5 rings (SSSR count). The number of rotatable bonds is 4. The van der Waals surface area contributed by atoms with Crippen LogP contribution in [0.5, 0.6) is 0 Å². The van der Waals surface area contributed by atoms with E-state index in [0.29, 0.717) is 29.9 Å². The molecule has 1 fully saturated rings. The molecule has 3 aromatic carbocycles. The van der Waals surface area contributed by atoms with Crippen molar-refractivity contribution in [1.82, 2.24) is 4.90 Å². The number of carbonyl (C=O) groups excluding carboxylic acids is 2. The molecule has 2 heterocycles. The van der Waals surface area contributed by atoms with Gasteiger partial charge in [0.15, 0.2) is 0 Å². The van der Waals surface area contributed by atoms with Gasteiger partial charge < -0.3 is 9.80 Å². The molecule has 166 valence electrons. The van der Waals surface area contributed by atoms with Gasteiger partial charge in [-0.1, -0.05) is 54.6 Å². The van der Waals surface area contributed by atoms with Crippen molar-refractivity contribution >= 4 is 28.8 Å². The maximum atomic E-state index is 14.6. The summed E-state index contributed by atoms with van der Waals surface area (Å²) in [6, 6.07) is 23.4. The highest BCUT2D eigenvalue weighted by Gasteiger charge is 2.43. The second-order valence-corrected chi connectivity index (χ2v) is 8.30. The Kier molecular flexibility index (Phi) is 5.42. The number of amides is 2. The molecule has 0 spiro atoms. The number of piperazine rings is 1. The highest BCUT2D eigenvalue weighted by Crippen LogP contribution is 2.36. The number of aryl methyl sites for hydroxylation is 1. The van der Waals surface area contributed by atoms with E-state index in [-0.39, 0.29) is 5.69 Å². The van der Waals surface area contributed by atoms with E-state index >= 15 is 0 Å². The standard InChI is InChI=1S/C27H24FN3O2/c1-19-8-7-11-21(18-19)29-14-16-30(17-15-29)25-24(20-9-3-2-4-10-20)26(32)31(27(25)33)23-13-6-5-12-22(23)28/h2-13,18H,14-17H2,1H3. The third-order valence-corrected chi connectivity index (χ3v) is 6.18. The Balaban J connectivity index is 1.49. The summed E-state index contributed by atoms with van der Waals surface area (Å²) in [7, 11) is 0. The van der Waals surface area contributed by atoms with Gasteiger partial charge in [-0.05, 0) is 42.3 Å². The zero-order valence-electron chi connectivity index (χ0n) is 18.4. The van der Waals surface area contributed by atoms with Gasteiger partial charge in [-0.2, -0.15) is 0 Å². The normalized spacial score (nSPS) is 16.7. The maximum Gasteiger partial charge on any atom is 0.282 e. The second-order valence-electron chi connectivity index (χ2n) is 8.30. The molecule has 3 aromatic rings. The Morgan fingerprint density at radius 1 is 0.727 bits per heavy atom. The van der Waals surface area contributed by atoms with Gasteiger partial charge in [-0.15, -0.1) is 0 Å². The summed E-state index contributed by atoms with van der Waals surface area (Å²) < 4.78 is 14.6. The minimum Gasteiger partial charge on any atom is -0.368 e. The van der Waals surface area contributed by atoms with Crippen LogP contribution in [0.3, 0.4) is 0 Å². The van der Waals surface area contributed by atoms with E-state index in [1.165, 1.54) is 17.7 Å². The fourth-order valence-electron chi connectivity index (χ4n) is 4.54. The third kappa shape index (κ3) is 3.78. The molecule has 0 aromatic heterocycles. The molecule has 2 aliphatic heterocycles. The molecule has 0 saturated carbocycles. The van der Waals surface area contributed by atoms with Crippen LogP contribution in [-0.4, -0.2) is 42.9 Å². The average Bonchev–Trinajstić information content (AvgIpc) is 3.10. The minimum atomic E-state index is -0.600. The number of imide groups is 1. The highest BCUT2D eigenvalue weighted by atomic mass is 19.1. The number of nitrogens with zero attached hydrogens (tertiary/aromatic N) is 3. The molecule has 5 nitrogen and oxygen atoms in total. The lowest BCUT2D eigenvalue weighted by molar-refractivity contribution is -0.120. The number of para-hydroxylation sites is 1. The lowest BCUT2D eigenvalue weighted by Gasteiger charge is -2.37. The molecule has 0 atom stereocenters. The number of benzene rings is 3. The SMILES string of the molecule is Cc1cccc(N2CCN(C3=C(c4ccccc4)C(=O)N(c4ccccc4F)C3=O)CC2)c1. The summed E-state index contributed by atoms with van der Waals surface area (Å²) in [5, 5.41) is 0. The van der Waals surface area contributed by atoms with Crippen molar-refractivity contribution in [1.29, 1.82) is 0 Å². The lowest BCUT2D eigenvalue weighted by Crippen LogP contribution is -2.47. The Bertz CT molecular complexity index is 1250. The number of anilines is 2. The van der Waals surface area contributed by atoms with Crippen molar-refractivity contribution in [3.05, 3.63) is 102 Å². The predicted molar refractivity (Wildman–Crippen MR) is 127 cm³/mol. The Labute approximate surface area is 192 Å². The van der Waals surface area contributed by atoms with E-state index in [2.05, 4.69) is 30.0 Å². The van der Waals surface area contributed by atoms with Crippen LogP contribution < -0.4 is 9.80 Å². The molecule has 0 unspecified atom stereocenters. The van der Waals surface area contributed by atoms with E-state index < -0.39 is 17.6 Å². The average molecular weight is 442 g/mol. The van der Waals surface area contributed by atoms with Crippen molar-refractivity contribution in [2.45, 2.75) is 6.92 Å². The molecule has 0 bridgehead atoms. The molecular weight excluding hydrogens is 417 g/mol. The van der Waals surface area contributed by atoms with Crippen LogP contribution in [0.4, 0.5) is 15.8 Å². The van der Waals surface area contributed by atoms with Crippen molar-refractivity contribution in [2.75, 3.05) is 36.0 Å². The minimum absolute atomic E-state index is 0.0191. The molecule has 2 amide bonds. The van der Waals surface area contributed by atoms with Gasteiger partial charge in [-0.3, -0.25) is 9.59 Å². The van der Waals surface area contributed by atoms with Crippen molar-refractivity contribution < 1.29 is 14.0 Å². The molecule has 6 heteroatoms. The first-order valence-corrected chi connectivity index (χ1v) is 11.0. The van der Waals surface area contributed by atoms with Gasteiger partial charge in [-0.25, -0.2) is 9.29 Å². The zero-order valence-corrected chi connectivity index (χ0v) is 18.4. The van der Waals surface area contributed by atoms with E-state index in [4.69, 9.17) is 0 Å². The van der Waals surface area contributed by atoms with Gasteiger partial charge >= 0.3 is 0 Å². The lowest BCUT2D eigenvalue weighted by atomic mass is 10.0. The first-order valence-electron chi connectivity index (χ1n) is 11.0. The van der Waals surface area contributed by atoms with Gasteiger partial charge in [0.05, 0.1) is 11.3 Å². The summed E-state index contributed by atoms with van der Waals surface area (Å²) >= 11 is 0. The van der Waals surface area contributed by atoms with Gasteiger partial charge in [0.25, 0.3) is 11.8 Å². The Morgan fingerprint density at radius 3 is 2.09 bits per heavy atom. The topological polar surface area (TPSA) is 43.9 Å². The van der Waals surface area contributed by atoms with Crippen LogP contribution in [0.15, 0.2) is 84.6 Å². The van der Waals surface area contributed by atoms with Crippen molar-refractivity contribution in [3.8, 4) is 0 Å². The van der Waals surface area contributed by atoms with Gasteiger partial charge in [0, 0.05) is 31.9 Å². The molecule has 2 aliphatic rings. The number of halogens is 1. The zero-order chi connectivity index (χ0) is 22.9. The number of hydrogen-bond acceptors (Lipinski definition) is 4. The third-order valence-electron chi connectivity index (χ3n) is 6.18. The summed E-state index contributed by atoms with van der Waals surface area (Å²) in [6.07, 6.45) is 0. The maximum absolute atomic E-state index is 14.6. The summed E-state index contributed by atoms with van der Waals surface area (Å²) in [4.78, 5) is 32.3. The van der Waals surface area contributed by atoms with Gasteiger partial charge in [0.2, 0.25) is 0 Å². The van der Waals surface area contributed by atoms with E-state index in [1.807, 2.05) is 41.3 Å². The van der Waals surface area contributed by atoms with E-state index in [0.717, 1.165) is 23.7 Å². The van der Waals surface area contributed by atoms with Crippen LogP contribution in [0, 0.1) is 12.7 Å². The fourth-order valence-corrected chi connectivity index (χ4v) is 4.54.